The van der Waals surface area contributed by atoms with E-state index in [0.29, 0.717) is 64.5 Å². The van der Waals surface area contributed by atoms with E-state index in [1.54, 1.807) is 50.4 Å². The molecule has 4 fully saturated rings. The van der Waals surface area contributed by atoms with Crippen molar-refractivity contribution in [2.24, 2.45) is 27.9 Å². The number of aliphatic carboxylic acids is 1. The SMILES string of the molecule is Cc1c(Nc2nc3ccccc3s2)nnc2c1CCCN2c1ccc(-c2cnn(CC34CC5(C)CC(OCCN(CC(=O)O)C(=O)OCc6ccc(NC(=O)[C@H](CCCNC(N)=O)NC(=O)[C@@H](NC(=O)CCOCCN7C(=O)C=CC7=O)C(C)C)cc6)(C3)C[C@](C)(C5)C4)c2C)c(C(=O)O)n1. The summed E-state index contributed by atoms with van der Waals surface area (Å²) in [5, 5.41) is 49.7. The summed E-state index contributed by atoms with van der Waals surface area (Å²) in [5.41, 5.74) is 9.68. The Balaban J connectivity index is 0.690. The molecule has 4 aliphatic carbocycles. The fourth-order valence-electron chi connectivity index (χ4n) is 16.1. The van der Waals surface area contributed by atoms with E-state index in [9.17, 15) is 53.4 Å². The van der Waals surface area contributed by atoms with Gasteiger partial charge in [0.25, 0.3) is 11.8 Å². The van der Waals surface area contributed by atoms with E-state index in [-0.39, 0.29) is 87.3 Å². The molecule has 30 heteroatoms. The summed E-state index contributed by atoms with van der Waals surface area (Å²) in [6, 6.07) is 14.9. The fourth-order valence-corrected chi connectivity index (χ4v) is 17.0. The number of primary amides is 1. The Morgan fingerprint density at radius 2 is 1.57 bits per heavy atom. The number of aromatic carboxylic acids is 1. The first-order chi connectivity index (χ1) is 47.7. The maximum atomic E-state index is 13.8. The highest BCUT2D eigenvalue weighted by atomic mass is 32.1. The largest absolute Gasteiger partial charge is 0.480 e. The Morgan fingerprint density at radius 1 is 0.830 bits per heavy atom. The number of nitrogens with two attached hydrogens (primary N) is 1. The number of hydrogen-bond acceptors (Lipinski definition) is 20. The first-order valence-corrected chi connectivity index (χ1v) is 34.5. The highest BCUT2D eigenvalue weighted by molar-refractivity contribution is 7.22. The lowest BCUT2D eigenvalue weighted by molar-refractivity contribution is -0.248. The lowest BCUT2D eigenvalue weighted by Gasteiger charge is -2.69. The van der Waals surface area contributed by atoms with E-state index in [2.05, 4.69) is 50.6 Å². The number of carboxylic acids is 2. The molecule has 6 aromatic rings. The molecule has 530 valence electrons. The van der Waals surface area contributed by atoms with E-state index in [1.807, 2.05) is 53.8 Å². The zero-order chi connectivity index (χ0) is 71.3. The minimum atomic E-state index is -1.24. The molecule has 100 heavy (non-hydrogen) atoms. The van der Waals surface area contributed by atoms with Gasteiger partial charge in [0.2, 0.25) is 17.7 Å². The van der Waals surface area contributed by atoms with E-state index >= 15 is 0 Å². The zero-order valence-electron chi connectivity index (χ0n) is 56.9. The van der Waals surface area contributed by atoms with Gasteiger partial charge in [-0.1, -0.05) is 63.3 Å². The fraction of sp³-hybridized carbons (Fsp3) is 0.486. The highest BCUT2D eigenvalue weighted by Gasteiger charge is 2.66. The molecule has 29 nitrogen and oxygen atoms in total. The molecule has 6 aliphatic rings. The third kappa shape index (κ3) is 16.5. The minimum absolute atomic E-state index is 0.00775. The molecule has 2 aromatic carbocycles. The van der Waals surface area contributed by atoms with Gasteiger partial charge in [0.15, 0.2) is 22.5 Å². The van der Waals surface area contributed by atoms with Gasteiger partial charge < -0.3 is 61.6 Å². The van der Waals surface area contributed by atoms with Gasteiger partial charge >= 0.3 is 24.1 Å². The van der Waals surface area contributed by atoms with Crippen LogP contribution in [0.5, 0.6) is 0 Å². The number of nitrogens with zero attached hydrogens (tertiary/aromatic N) is 9. The molecule has 0 radical (unpaired) electrons. The van der Waals surface area contributed by atoms with Crippen LogP contribution in [-0.2, 0) is 62.6 Å². The van der Waals surface area contributed by atoms with Crippen LogP contribution in [0.25, 0.3) is 21.3 Å². The summed E-state index contributed by atoms with van der Waals surface area (Å²) < 4.78 is 21.1. The average Bonchev–Trinajstić information content (AvgIpc) is 0.970. The Bertz CT molecular complexity index is 4110. The van der Waals surface area contributed by atoms with Crippen molar-refractivity contribution in [1.29, 1.82) is 0 Å². The van der Waals surface area contributed by atoms with Crippen molar-refractivity contribution in [3.05, 3.63) is 107 Å². The predicted molar refractivity (Wildman–Crippen MR) is 368 cm³/mol. The minimum Gasteiger partial charge on any atom is -0.480 e. The molecule has 9 N–H and O–H groups in total. The molecule has 2 aliphatic heterocycles. The first-order valence-electron chi connectivity index (χ1n) is 33.6. The number of rotatable bonds is 31. The molecular formula is C70H85N15O14S. The number of carboxylic acid groups (broad SMARTS) is 2. The van der Waals surface area contributed by atoms with E-state index in [1.165, 1.54) is 11.3 Å². The van der Waals surface area contributed by atoms with Gasteiger partial charge in [0, 0.05) is 78.4 Å². The number of carbonyl (C=O) groups is 9. The van der Waals surface area contributed by atoms with Crippen molar-refractivity contribution in [2.45, 2.75) is 143 Å². The molecule has 4 saturated carbocycles. The number of urea groups is 1. The Kier molecular flexibility index (Phi) is 21.3. The van der Waals surface area contributed by atoms with Gasteiger partial charge in [-0.2, -0.15) is 5.10 Å². The van der Waals surface area contributed by atoms with Crippen LogP contribution in [0.4, 0.5) is 37.9 Å². The number of nitrogens with one attached hydrogen (secondary N) is 5. The molecule has 4 aromatic heterocycles. The number of benzene rings is 2. The standard InChI is InChI=1S/C70H85N15O14S/c1-41(2)57(78-53(86)23-28-97-29-27-84-54(87)21-22-55(84)88)62(92)75-50(13-9-24-72-64(71)95)61(91)74-45-17-15-44(16-18-45)33-98-66(96)82(32-56(89)90)26-30-99-70-37-67(5)34-68(6,38-70)36-69(35-67,39-70)40-85-43(4)48(31-73-85)47-19-20-52(77-58(47)63(93)94)83-25-10-11-46-42(3)59(80-81-60(46)83)79-65-76-49-12-7-8-14-51(49)100-65/h7-8,12,14-22,31,41,50,57H,9-11,13,23-30,32-40H2,1-6H3,(H,74,91)(H,75,92)(H,78,86)(H,89,90)(H,93,94)(H3,71,72,95)(H,76,79,80)/t50-,57-,67+,68?,69?,70?/m0/s1. The van der Waals surface area contributed by atoms with Crippen LogP contribution in [-0.4, -0.2) is 174 Å². The van der Waals surface area contributed by atoms with Crippen molar-refractivity contribution in [1.82, 2.24) is 55.7 Å². The molecule has 8 amide bonds. The average molecular weight is 1390 g/mol. The summed E-state index contributed by atoms with van der Waals surface area (Å²) in [6.45, 7) is 12.3. The van der Waals surface area contributed by atoms with Crippen LogP contribution >= 0.6 is 11.3 Å². The van der Waals surface area contributed by atoms with Crippen LogP contribution in [0.2, 0.25) is 0 Å². The van der Waals surface area contributed by atoms with Crippen LogP contribution in [0.15, 0.2) is 79.0 Å². The van der Waals surface area contributed by atoms with Crippen LogP contribution < -0.4 is 37.2 Å². The Hall–Kier alpha value is -9.94. The van der Waals surface area contributed by atoms with Crippen molar-refractivity contribution in [3.8, 4) is 11.1 Å². The van der Waals surface area contributed by atoms with Crippen molar-refractivity contribution < 1.29 is 67.6 Å². The third-order valence-corrected chi connectivity index (χ3v) is 20.4. The number of aromatic nitrogens is 6. The number of carbonyl (C=O) groups excluding carboxylic acids is 7. The van der Waals surface area contributed by atoms with E-state index in [0.717, 1.165) is 93.9 Å². The van der Waals surface area contributed by atoms with E-state index in [4.69, 9.17) is 35.0 Å². The Labute approximate surface area is 581 Å². The van der Waals surface area contributed by atoms with Gasteiger partial charge in [0.05, 0.1) is 48.4 Å². The number of fused-ring (bicyclic) bond motifs is 2. The summed E-state index contributed by atoms with van der Waals surface area (Å²) in [6.07, 6.45) is 10.0. The number of thiazole rings is 1. The quantitative estimate of drug-likeness (QED) is 0.0153. The predicted octanol–water partition coefficient (Wildman–Crippen LogP) is 7.69. The Morgan fingerprint density at radius 3 is 2.27 bits per heavy atom. The lowest BCUT2D eigenvalue weighted by Crippen LogP contribution is -2.64. The molecule has 6 atom stereocenters. The number of imide groups is 1. The van der Waals surface area contributed by atoms with Crippen molar-refractivity contribution in [2.75, 3.05) is 68.1 Å². The van der Waals surface area contributed by atoms with Gasteiger partial charge in [-0.15, -0.1) is 10.2 Å². The van der Waals surface area contributed by atoms with Crippen LogP contribution in [0.1, 0.15) is 125 Å². The van der Waals surface area contributed by atoms with Gasteiger partial charge in [-0.25, -0.2) is 24.4 Å². The number of amides is 8. The number of hydrogen-bond donors (Lipinski definition) is 8. The zero-order valence-corrected chi connectivity index (χ0v) is 57.7. The number of ether oxygens (including phenoxy) is 3. The van der Waals surface area contributed by atoms with E-state index < -0.39 is 83.7 Å². The molecule has 3 unspecified atom stereocenters. The third-order valence-electron chi connectivity index (χ3n) is 19.4. The second-order valence-corrected chi connectivity index (χ2v) is 29.1. The normalized spacial score (nSPS) is 21.0. The topological polar surface area (TPSA) is 387 Å². The highest BCUT2D eigenvalue weighted by Crippen LogP contribution is 2.72. The van der Waals surface area contributed by atoms with Gasteiger partial charge in [-0.3, -0.25) is 43.2 Å². The maximum absolute atomic E-state index is 13.8. The van der Waals surface area contributed by atoms with Crippen molar-refractivity contribution in [3.63, 3.8) is 0 Å². The molecule has 12 rings (SSSR count). The molecular weight excluding hydrogens is 1310 g/mol. The second kappa shape index (κ2) is 29.9. The summed E-state index contributed by atoms with van der Waals surface area (Å²) >= 11 is 1.53. The first kappa shape index (κ1) is 71.3. The molecule has 4 bridgehead atoms. The lowest BCUT2D eigenvalue weighted by atomic mass is 9.39. The monoisotopic (exact) mass is 1390 g/mol. The molecule has 0 saturated heterocycles. The number of para-hydroxylation sites is 1. The van der Waals surface area contributed by atoms with Gasteiger partial charge in [0.1, 0.15) is 31.1 Å². The summed E-state index contributed by atoms with van der Waals surface area (Å²) in [5.74, 6) is -3.80. The summed E-state index contributed by atoms with van der Waals surface area (Å²) in [4.78, 5) is 128. The smallest absolute Gasteiger partial charge is 0.410 e. The number of anilines is 5. The second-order valence-electron chi connectivity index (χ2n) is 28.1. The summed E-state index contributed by atoms with van der Waals surface area (Å²) in [7, 11) is 0. The number of pyridine rings is 1. The molecule has 0 spiro atoms. The molecule has 6 heterocycles. The van der Waals surface area contributed by atoms with Crippen LogP contribution in [0.3, 0.4) is 0 Å². The van der Waals surface area contributed by atoms with Crippen LogP contribution in [0, 0.1) is 36.0 Å². The maximum Gasteiger partial charge on any atom is 0.410 e. The van der Waals surface area contributed by atoms with Gasteiger partial charge in [-0.05, 0) is 142 Å². The van der Waals surface area contributed by atoms with Crippen molar-refractivity contribution >= 4 is 103 Å².